The van der Waals surface area contributed by atoms with Crippen molar-refractivity contribution in [1.82, 2.24) is 24.8 Å². The van der Waals surface area contributed by atoms with Crippen molar-refractivity contribution < 1.29 is 33.3 Å². The zero-order chi connectivity index (χ0) is 31.2. The molecule has 0 bridgehead atoms. The van der Waals surface area contributed by atoms with Gasteiger partial charge in [0.15, 0.2) is 29.5 Å². The van der Waals surface area contributed by atoms with E-state index in [1.165, 1.54) is 6.33 Å². The number of ether oxygens (including phenoxy) is 5. The minimum Gasteiger partial charge on any atom is -0.462 e. The van der Waals surface area contributed by atoms with Gasteiger partial charge in [-0.05, 0) is 37.1 Å². The van der Waals surface area contributed by atoms with Gasteiger partial charge in [0.25, 0.3) is 0 Å². The molecule has 234 valence electrons. The molecule has 4 unspecified atom stereocenters. The first-order chi connectivity index (χ1) is 22.1. The van der Waals surface area contributed by atoms with E-state index in [4.69, 9.17) is 23.7 Å². The van der Waals surface area contributed by atoms with Crippen LogP contribution in [0.1, 0.15) is 41.6 Å². The average molecular weight is 615 g/mol. The number of hydrogen-bond donors (Lipinski definition) is 2. The van der Waals surface area contributed by atoms with E-state index < -0.39 is 42.8 Å². The Morgan fingerprint density at radius 1 is 0.978 bits per heavy atom. The molecule has 45 heavy (non-hydrogen) atoms. The molecule has 2 aromatic carbocycles. The van der Waals surface area contributed by atoms with Gasteiger partial charge in [0.2, 0.25) is 0 Å². The van der Waals surface area contributed by atoms with E-state index in [2.05, 4.69) is 25.6 Å². The van der Waals surface area contributed by atoms with Crippen LogP contribution in [0.15, 0.2) is 73.3 Å². The second-order valence-electron chi connectivity index (χ2n) is 10.3. The second kappa shape index (κ2) is 13.9. The van der Waals surface area contributed by atoms with Crippen LogP contribution in [0.4, 0.5) is 10.6 Å². The molecule has 2 amide bonds. The number of benzene rings is 2. The first-order valence-corrected chi connectivity index (χ1v) is 14.8. The lowest BCUT2D eigenvalue weighted by Gasteiger charge is -2.20. The van der Waals surface area contributed by atoms with E-state index >= 15 is 0 Å². The van der Waals surface area contributed by atoms with Crippen LogP contribution in [-0.4, -0.2) is 75.9 Å². The number of aromatic nitrogens is 4. The highest BCUT2D eigenvalue weighted by Crippen LogP contribution is 2.41. The number of imidazole rings is 1. The monoisotopic (exact) mass is 614 g/mol. The largest absolute Gasteiger partial charge is 0.462 e. The van der Waals surface area contributed by atoms with Crippen LogP contribution in [0.25, 0.3) is 17.2 Å². The average Bonchev–Trinajstić information content (AvgIpc) is 3.76. The summed E-state index contributed by atoms with van der Waals surface area (Å²) in [6.07, 6.45) is 3.93. The van der Waals surface area contributed by atoms with E-state index in [-0.39, 0.29) is 25.6 Å². The van der Waals surface area contributed by atoms with Crippen molar-refractivity contribution in [3.05, 3.63) is 90.0 Å². The molecule has 0 spiro atoms. The highest BCUT2D eigenvalue weighted by molar-refractivity contribution is 5.95. The summed E-state index contributed by atoms with van der Waals surface area (Å²) in [5, 5.41) is 5.39. The van der Waals surface area contributed by atoms with E-state index in [1.807, 2.05) is 61.5 Å². The van der Waals surface area contributed by atoms with Crippen LogP contribution in [0, 0.1) is 0 Å². The Bertz CT molecular complexity index is 1660. The maximum atomic E-state index is 12.4. The minimum absolute atomic E-state index is 0.166. The predicted molar refractivity (Wildman–Crippen MR) is 163 cm³/mol. The number of urea groups is 1. The van der Waals surface area contributed by atoms with Crippen molar-refractivity contribution in [3.63, 3.8) is 0 Å². The predicted octanol–water partition coefficient (Wildman–Crippen LogP) is 4.08. The summed E-state index contributed by atoms with van der Waals surface area (Å²) < 4.78 is 32.2. The molecule has 13 nitrogen and oxygen atoms in total. The first-order valence-electron chi connectivity index (χ1n) is 14.8. The zero-order valence-corrected chi connectivity index (χ0v) is 24.9. The van der Waals surface area contributed by atoms with Crippen molar-refractivity contribution in [2.45, 2.75) is 51.3 Å². The summed E-state index contributed by atoms with van der Waals surface area (Å²) in [6, 6.07) is 16.6. The smallest absolute Gasteiger partial charge is 0.338 e. The highest BCUT2D eigenvalue weighted by Gasteiger charge is 2.53. The number of anilines is 1. The van der Waals surface area contributed by atoms with Crippen molar-refractivity contribution in [2.75, 3.05) is 25.1 Å². The molecular weight excluding hydrogens is 580 g/mol. The summed E-state index contributed by atoms with van der Waals surface area (Å²) >= 11 is 0. The number of hydrogen-bond acceptors (Lipinski definition) is 10. The topological polar surface area (TPSA) is 148 Å². The van der Waals surface area contributed by atoms with Gasteiger partial charge < -0.3 is 29.0 Å². The van der Waals surface area contributed by atoms with Crippen LogP contribution in [0.3, 0.4) is 0 Å². The number of rotatable bonds is 11. The van der Waals surface area contributed by atoms with Crippen molar-refractivity contribution in [3.8, 4) is 0 Å². The van der Waals surface area contributed by atoms with Crippen molar-refractivity contribution in [2.24, 2.45) is 0 Å². The van der Waals surface area contributed by atoms with Gasteiger partial charge in [-0.1, -0.05) is 54.6 Å². The molecule has 4 heterocycles. The number of nitrogens with one attached hydrogen (secondary N) is 2. The number of nitrogens with zero attached hydrogens (tertiary/aromatic N) is 4. The molecule has 13 heteroatoms. The summed E-state index contributed by atoms with van der Waals surface area (Å²) in [6.45, 7) is 4.67. The number of carbonyl (C=O) groups is 2. The summed E-state index contributed by atoms with van der Waals surface area (Å²) in [4.78, 5) is 37.7. The lowest BCUT2D eigenvalue weighted by atomic mass is 10.1. The molecule has 2 aliphatic heterocycles. The Balaban J connectivity index is 1.23. The molecule has 2 N–H and O–H groups in total. The lowest BCUT2D eigenvalue weighted by Crippen LogP contribution is -2.32. The summed E-state index contributed by atoms with van der Waals surface area (Å²) in [5.41, 5.74) is 3.03. The first kappa shape index (κ1) is 30.3. The molecule has 2 aromatic heterocycles. The fraction of sp³-hybridized carbons (Fsp3) is 0.344. The number of amides is 2. The van der Waals surface area contributed by atoms with E-state index in [1.54, 1.807) is 30.0 Å². The Kier molecular flexibility index (Phi) is 9.41. The maximum Gasteiger partial charge on any atom is 0.338 e. The Morgan fingerprint density at radius 3 is 2.60 bits per heavy atom. The van der Waals surface area contributed by atoms with Crippen LogP contribution in [-0.2, 0) is 30.3 Å². The molecule has 2 aliphatic rings. The van der Waals surface area contributed by atoms with Crippen molar-refractivity contribution in [1.29, 1.82) is 0 Å². The molecule has 5 atom stereocenters. The van der Waals surface area contributed by atoms with Crippen LogP contribution in [0.2, 0.25) is 0 Å². The van der Waals surface area contributed by atoms with Gasteiger partial charge in [-0.15, -0.1) is 0 Å². The van der Waals surface area contributed by atoms with Gasteiger partial charge in [-0.2, -0.15) is 0 Å². The van der Waals surface area contributed by atoms with Crippen molar-refractivity contribution >= 4 is 35.1 Å². The molecule has 0 radical (unpaired) electrons. The number of carbonyl (C=O) groups excluding carboxylic acids is 2. The highest BCUT2D eigenvalue weighted by atomic mass is 16.8. The van der Waals surface area contributed by atoms with Gasteiger partial charge in [0.1, 0.15) is 24.6 Å². The molecule has 2 fully saturated rings. The van der Waals surface area contributed by atoms with E-state index in [9.17, 15) is 9.59 Å². The number of esters is 1. The molecule has 0 saturated carbocycles. The fourth-order valence-electron chi connectivity index (χ4n) is 5.34. The molecule has 0 aliphatic carbocycles. The third kappa shape index (κ3) is 6.71. The Labute approximate surface area is 259 Å². The fourth-order valence-corrected chi connectivity index (χ4v) is 5.34. The standard InChI is InChI=1S/C32H34N6O7/c1-3-33-32(40)37-28-25-29(35-18-34-28)38(19-36-25)30-27-26(44-24(45-27)15-14-20-10-6-5-7-11-20)23(43-30)17-41-16-21-12-8-9-13-22(21)31(39)42-4-2/h5-15,18-19,23-24,26-27,30H,3-4,16-17H2,1-2H3,(H2,33,34,35,37,40)/t23?,24-,26?,27?,30?/m0/s1. The third-order valence-electron chi connectivity index (χ3n) is 7.37. The lowest BCUT2D eigenvalue weighted by molar-refractivity contribution is -0.139. The van der Waals surface area contributed by atoms with E-state index in [0.29, 0.717) is 28.8 Å². The number of fused-ring (bicyclic) bond motifs is 2. The van der Waals surface area contributed by atoms with Gasteiger partial charge in [-0.25, -0.2) is 24.5 Å². The summed E-state index contributed by atoms with van der Waals surface area (Å²) in [7, 11) is 0. The third-order valence-corrected chi connectivity index (χ3v) is 7.37. The molecule has 4 aromatic rings. The van der Waals surface area contributed by atoms with Gasteiger partial charge in [0, 0.05) is 6.54 Å². The van der Waals surface area contributed by atoms with Gasteiger partial charge >= 0.3 is 12.0 Å². The van der Waals surface area contributed by atoms with Crippen LogP contribution < -0.4 is 10.6 Å². The normalized spacial score (nSPS) is 22.5. The quantitative estimate of drug-likeness (QED) is 0.237. The van der Waals surface area contributed by atoms with Crippen LogP contribution >= 0.6 is 0 Å². The SMILES string of the molecule is CCNC(=O)Nc1ncnc2c1ncn2C1OC(COCc2ccccc2C(=O)OCC)C2O[C@H](C=Cc3ccccc3)OC21. The van der Waals surface area contributed by atoms with Gasteiger partial charge in [-0.3, -0.25) is 9.88 Å². The van der Waals surface area contributed by atoms with E-state index in [0.717, 1.165) is 5.56 Å². The molecular formula is C32H34N6O7. The molecule has 2 saturated heterocycles. The Hall–Kier alpha value is -4.69. The maximum absolute atomic E-state index is 12.4. The summed E-state index contributed by atoms with van der Waals surface area (Å²) in [5.74, 6) is -0.129. The zero-order valence-electron chi connectivity index (χ0n) is 24.9. The minimum atomic E-state index is -0.664. The molecule has 6 rings (SSSR count). The second-order valence-corrected chi connectivity index (χ2v) is 10.3. The van der Waals surface area contributed by atoms with Gasteiger partial charge in [0.05, 0.1) is 31.7 Å². The van der Waals surface area contributed by atoms with Crippen LogP contribution in [0.5, 0.6) is 0 Å². The Morgan fingerprint density at radius 2 is 1.78 bits per heavy atom.